The number of halogens is 1. The minimum Gasteiger partial charge on any atom is -0.726 e. The molecule has 0 fully saturated rings. The summed E-state index contributed by atoms with van der Waals surface area (Å²) in [5.74, 6) is -0.262. The molecular weight excluding hydrogens is 438 g/mol. The molecule has 7 nitrogen and oxygen atoms in total. The normalized spacial score (nSPS) is 15.0. The van der Waals surface area contributed by atoms with E-state index in [2.05, 4.69) is 20.5 Å². The van der Waals surface area contributed by atoms with Gasteiger partial charge in [-0.2, -0.15) is 0 Å². The maximum Gasteiger partial charge on any atom is 0.327 e. The lowest BCUT2D eigenvalue weighted by molar-refractivity contribution is -0.147. The summed E-state index contributed by atoms with van der Waals surface area (Å²) < 4.78 is 37.6. The fourth-order valence-electron chi connectivity index (χ4n) is 2.96. The van der Waals surface area contributed by atoms with Gasteiger partial charge in [-0.25, -0.2) is 13.2 Å². The first kappa shape index (κ1) is 23.8. The van der Waals surface area contributed by atoms with E-state index in [-0.39, 0.29) is 12.6 Å². The van der Waals surface area contributed by atoms with E-state index >= 15 is 0 Å². The second kappa shape index (κ2) is 11.1. The van der Waals surface area contributed by atoms with Gasteiger partial charge in [0.05, 0.1) is 13.7 Å². The van der Waals surface area contributed by atoms with Crippen LogP contribution in [0, 0.1) is 0 Å². The summed E-state index contributed by atoms with van der Waals surface area (Å²) in [7, 11) is -3.01. The zero-order valence-corrected chi connectivity index (χ0v) is 18.6. The second-order valence-electron chi connectivity index (χ2n) is 6.27. The van der Waals surface area contributed by atoms with Crippen molar-refractivity contribution in [2.75, 3.05) is 20.3 Å². The van der Waals surface area contributed by atoms with Crippen molar-refractivity contribution in [1.29, 1.82) is 0 Å². The molecule has 1 aliphatic heterocycles. The Bertz CT molecular complexity index is 915. The Labute approximate surface area is 180 Å². The predicted molar refractivity (Wildman–Crippen MR) is 111 cm³/mol. The van der Waals surface area contributed by atoms with Gasteiger partial charge in [0, 0.05) is 23.0 Å². The average Bonchev–Trinajstić information content (AvgIpc) is 3.16. The summed E-state index contributed by atoms with van der Waals surface area (Å²) >= 11 is 8.07. The van der Waals surface area contributed by atoms with Crippen molar-refractivity contribution >= 4 is 39.3 Å². The van der Waals surface area contributed by atoms with Gasteiger partial charge in [-0.15, -0.1) is 11.3 Å². The molecule has 0 bridgehead atoms. The first-order valence-electron chi connectivity index (χ1n) is 8.98. The van der Waals surface area contributed by atoms with Gasteiger partial charge in [-0.05, 0) is 41.5 Å². The molecule has 3 rings (SSSR count). The van der Waals surface area contributed by atoms with E-state index in [0.717, 1.165) is 25.1 Å². The van der Waals surface area contributed by atoms with Crippen LogP contribution >= 0.6 is 22.9 Å². The lowest BCUT2D eigenvalue weighted by Crippen LogP contribution is -2.38. The molecule has 0 amide bonds. The highest BCUT2D eigenvalue weighted by Gasteiger charge is 2.32. The molecule has 1 aromatic heterocycles. The summed E-state index contributed by atoms with van der Waals surface area (Å²) in [5.41, 5.74) is 2.11. The van der Waals surface area contributed by atoms with Crippen LogP contribution < -0.4 is 0 Å². The first-order valence-corrected chi connectivity index (χ1v) is 11.6. The molecular formula is C19H23ClNO6S2-. The zero-order chi connectivity index (χ0) is 21.4. The van der Waals surface area contributed by atoms with Crippen LogP contribution in [0.25, 0.3) is 0 Å². The topological polar surface area (TPSA) is 96.0 Å². The Hall–Kier alpha value is -1.49. The van der Waals surface area contributed by atoms with Crippen LogP contribution in [-0.4, -0.2) is 44.1 Å². The van der Waals surface area contributed by atoms with Crippen LogP contribution in [0.1, 0.15) is 35.4 Å². The van der Waals surface area contributed by atoms with Crippen molar-refractivity contribution in [3.8, 4) is 0 Å². The molecule has 0 saturated heterocycles. The molecule has 2 heterocycles. The largest absolute Gasteiger partial charge is 0.726 e. The van der Waals surface area contributed by atoms with Gasteiger partial charge >= 0.3 is 5.97 Å². The van der Waals surface area contributed by atoms with Crippen LogP contribution in [0.15, 0.2) is 35.7 Å². The summed E-state index contributed by atoms with van der Waals surface area (Å²) in [4.78, 5) is 15.8. The molecule has 0 unspecified atom stereocenters. The van der Waals surface area contributed by atoms with Crippen LogP contribution in [0.2, 0.25) is 5.02 Å². The molecule has 2 aromatic rings. The Morgan fingerprint density at radius 2 is 2.07 bits per heavy atom. The minimum atomic E-state index is -4.44. The number of thiophene rings is 1. The fraction of sp³-hybridized carbons (Fsp3) is 0.421. The van der Waals surface area contributed by atoms with E-state index in [9.17, 15) is 17.8 Å². The summed E-state index contributed by atoms with van der Waals surface area (Å²) in [6.07, 6.45) is 1.49. The molecule has 1 aliphatic rings. The highest BCUT2D eigenvalue weighted by Crippen LogP contribution is 2.33. The highest BCUT2D eigenvalue weighted by atomic mass is 35.5. The number of benzene rings is 1. The average molecular weight is 461 g/mol. The van der Waals surface area contributed by atoms with Crippen LogP contribution in [0.5, 0.6) is 0 Å². The first-order chi connectivity index (χ1) is 13.8. The Balaban J connectivity index is 0.000000321. The van der Waals surface area contributed by atoms with Crippen molar-refractivity contribution in [3.05, 3.63) is 56.7 Å². The number of hydrogen-bond donors (Lipinski definition) is 0. The van der Waals surface area contributed by atoms with E-state index in [1.54, 1.807) is 18.3 Å². The maximum atomic E-state index is 12.3. The molecule has 0 saturated carbocycles. The third kappa shape index (κ3) is 7.06. The highest BCUT2D eigenvalue weighted by molar-refractivity contribution is 7.80. The number of hydrogen-bond acceptors (Lipinski definition) is 8. The molecule has 0 aliphatic carbocycles. The lowest BCUT2D eigenvalue weighted by Gasteiger charge is -2.33. The van der Waals surface area contributed by atoms with Crippen molar-refractivity contribution in [1.82, 2.24) is 4.90 Å². The van der Waals surface area contributed by atoms with Crippen LogP contribution in [0.4, 0.5) is 0 Å². The number of carbonyl (C=O) groups is 1. The number of esters is 1. The summed E-state index contributed by atoms with van der Waals surface area (Å²) in [6.45, 7) is 3.28. The van der Waals surface area contributed by atoms with Gasteiger partial charge in [0.1, 0.15) is 6.04 Å². The Morgan fingerprint density at radius 1 is 1.34 bits per heavy atom. The molecule has 1 aromatic carbocycles. The lowest BCUT2D eigenvalue weighted by atomic mass is 10.0. The molecule has 0 N–H and O–H groups in total. The monoisotopic (exact) mass is 460 g/mol. The molecule has 160 valence electrons. The minimum absolute atomic E-state index is 0.0220. The fourth-order valence-corrected chi connectivity index (χ4v) is 4.46. The van der Waals surface area contributed by atoms with Gasteiger partial charge in [0.25, 0.3) is 0 Å². The van der Waals surface area contributed by atoms with Crippen molar-refractivity contribution in [2.24, 2.45) is 0 Å². The number of carbonyl (C=O) groups excluding carboxylic acids is 1. The van der Waals surface area contributed by atoms with Crippen molar-refractivity contribution in [3.63, 3.8) is 0 Å². The zero-order valence-electron chi connectivity index (χ0n) is 16.2. The molecule has 0 spiro atoms. The van der Waals surface area contributed by atoms with Crippen molar-refractivity contribution in [2.45, 2.75) is 32.4 Å². The van der Waals surface area contributed by atoms with Gasteiger partial charge in [-0.1, -0.05) is 36.7 Å². The molecule has 10 heteroatoms. The van der Waals surface area contributed by atoms with E-state index < -0.39 is 16.4 Å². The van der Waals surface area contributed by atoms with Gasteiger partial charge in [0.15, 0.2) is 0 Å². The number of nitrogens with zero attached hydrogens (tertiary/aromatic N) is 1. The maximum absolute atomic E-state index is 12.3. The summed E-state index contributed by atoms with van der Waals surface area (Å²) in [6, 6.07) is 9.16. The number of ether oxygens (including phenoxy) is 1. The predicted octanol–water partition coefficient (Wildman–Crippen LogP) is 3.55. The Kier molecular flexibility index (Phi) is 9.06. The summed E-state index contributed by atoms with van der Waals surface area (Å²) in [5, 5.41) is 2.71. The number of rotatable bonds is 6. The van der Waals surface area contributed by atoms with E-state index in [0.29, 0.717) is 11.4 Å². The molecule has 0 radical (unpaired) electrons. The second-order valence-corrected chi connectivity index (χ2v) is 8.73. The van der Waals surface area contributed by atoms with Gasteiger partial charge in [-0.3, -0.25) is 9.08 Å². The van der Waals surface area contributed by atoms with Gasteiger partial charge in [0.2, 0.25) is 10.4 Å². The van der Waals surface area contributed by atoms with Crippen LogP contribution in [-0.2, 0) is 37.1 Å². The Morgan fingerprint density at radius 3 is 2.66 bits per heavy atom. The van der Waals surface area contributed by atoms with Crippen molar-refractivity contribution < 1.29 is 26.7 Å². The third-order valence-electron chi connectivity index (χ3n) is 4.26. The molecule has 1 atom stereocenters. The third-order valence-corrected chi connectivity index (χ3v) is 6.08. The van der Waals surface area contributed by atoms with E-state index in [4.69, 9.17) is 16.3 Å². The van der Waals surface area contributed by atoms with Crippen LogP contribution in [0.3, 0.4) is 0 Å². The number of methoxy groups -OCH3 is 1. The SMILES string of the molecule is CCCOS(=O)(=O)[O-].COC(=O)[C@H](c1ccccc1Cl)N1CCc2sccc2C1. The number of fused-ring (bicyclic) bond motifs is 1. The molecule has 29 heavy (non-hydrogen) atoms. The quantitative estimate of drug-likeness (QED) is 0.369. The van der Waals surface area contributed by atoms with E-state index in [1.807, 2.05) is 24.3 Å². The standard InChI is InChI=1S/C16H16ClNO2S.C3H8O4S/c1-20-16(19)15(12-4-2-3-5-13(12)17)18-8-6-14-11(10-18)7-9-21-14;1-2-3-7-8(4,5)6/h2-5,7,9,15H,6,8,10H2,1H3;2-3H2,1H3,(H,4,5,6)/p-1/t15-;/m0./s1. The van der Waals surface area contributed by atoms with Gasteiger partial charge < -0.3 is 9.29 Å². The van der Waals surface area contributed by atoms with E-state index in [1.165, 1.54) is 17.6 Å². The smallest absolute Gasteiger partial charge is 0.327 e.